The van der Waals surface area contributed by atoms with Crippen molar-refractivity contribution in [1.82, 2.24) is 5.32 Å². The van der Waals surface area contributed by atoms with Crippen LogP contribution >= 0.6 is 0 Å². The minimum atomic E-state index is -0.330. The van der Waals surface area contributed by atoms with Crippen molar-refractivity contribution in [2.45, 2.75) is 6.17 Å². The van der Waals surface area contributed by atoms with Gasteiger partial charge >= 0.3 is 0 Å². The first-order valence-electron chi connectivity index (χ1n) is 17.5. The SMILES string of the molecule is c1ccc(C2N=C(c3ccc4ccccc4c3)N=C(c3ccc(-c4cc5c6ccccc6oc5c5ccccc45)c4oc5ccccc5c34)N2)cc1. The number of hydrogen-bond acceptors (Lipinski definition) is 5. The van der Waals surface area contributed by atoms with Crippen molar-refractivity contribution in [2.75, 3.05) is 0 Å². The van der Waals surface area contributed by atoms with E-state index in [4.69, 9.17) is 18.8 Å². The summed E-state index contributed by atoms with van der Waals surface area (Å²) in [5.41, 5.74) is 8.49. The fourth-order valence-corrected chi connectivity index (χ4v) is 7.86. The van der Waals surface area contributed by atoms with Gasteiger partial charge < -0.3 is 14.2 Å². The van der Waals surface area contributed by atoms with E-state index in [2.05, 4.69) is 139 Å². The number of furan rings is 2. The summed E-state index contributed by atoms with van der Waals surface area (Å²) in [5, 5.41) is 12.4. The summed E-state index contributed by atoms with van der Waals surface area (Å²) in [6, 6.07) is 56.8. The van der Waals surface area contributed by atoms with Gasteiger partial charge in [0, 0.05) is 43.6 Å². The molecule has 0 fully saturated rings. The van der Waals surface area contributed by atoms with Gasteiger partial charge in [0.15, 0.2) is 5.84 Å². The molecule has 244 valence electrons. The minimum absolute atomic E-state index is 0.330. The van der Waals surface area contributed by atoms with Crippen molar-refractivity contribution in [2.24, 2.45) is 9.98 Å². The maximum absolute atomic E-state index is 6.83. The highest BCUT2D eigenvalue weighted by Gasteiger charge is 2.26. The lowest BCUT2D eigenvalue weighted by atomic mass is 9.92. The number of amidine groups is 2. The molecule has 0 aliphatic carbocycles. The van der Waals surface area contributed by atoms with Gasteiger partial charge in [0.1, 0.15) is 34.3 Å². The molecule has 8 aromatic carbocycles. The molecule has 5 heteroatoms. The lowest BCUT2D eigenvalue weighted by Crippen LogP contribution is -2.33. The van der Waals surface area contributed by atoms with E-state index in [9.17, 15) is 0 Å². The normalized spacial score (nSPS) is 14.7. The summed E-state index contributed by atoms with van der Waals surface area (Å²) < 4.78 is 13.3. The Morgan fingerprint density at radius 2 is 1.12 bits per heavy atom. The molecule has 0 radical (unpaired) electrons. The molecule has 5 nitrogen and oxygen atoms in total. The molecule has 0 saturated carbocycles. The molecule has 1 unspecified atom stereocenters. The average Bonchev–Trinajstić information content (AvgIpc) is 3.80. The summed E-state index contributed by atoms with van der Waals surface area (Å²) in [7, 11) is 0. The minimum Gasteiger partial charge on any atom is -0.455 e. The number of rotatable bonds is 4. The number of fused-ring (bicyclic) bond motifs is 9. The Balaban J connectivity index is 1.16. The van der Waals surface area contributed by atoms with E-state index in [0.717, 1.165) is 93.7 Å². The highest BCUT2D eigenvalue weighted by atomic mass is 16.3. The van der Waals surface area contributed by atoms with E-state index in [1.807, 2.05) is 30.3 Å². The third-order valence-electron chi connectivity index (χ3n) is 10.3. The topological polar surface area (TPSA) is 63.0 Å². The molecule has 0 spiro atoms. The Labute approximate surface area is 298 Å². The first-order chi connectivity index (χ1) is 25.8. The van der Waals surface area contributed by atoms with Gasteiger partial charge in [0.05, 0.1) is 0 Å². The predicted octanol–water partition coefficient (Wildman–Crippen LogP) is 12.0. The second-order valence-electron chi connectivity index (χ2n) is 13.3. The molecule has 0 amide bonds. The maximum atomic E-state index is 6.83. The summed E-state index contributed by atoms with van der Waals surface area (Å²) in [5.74, 6) is 1.43. The van der Waals surface area contributed by atoms with Crippen LogP contribution in [0, 0.1) is 0 Å². The third kappa shape index (κ3) is 4.42. The summed E-state index contributed by atoms with van der Waals surface area (Å²) >= 11 is 0. The van der Waals surface area contributed by atoms with Gasteiger partial charge in [-0.25, -0.2) is 9.98 Å². The van der Waals surface area contributed by atoms with E-state index in [0.29, 0.717) is 5.84 Å². The predicted molar refractivity (Wildman–Crippen MR) is 213 cm³/mol. The lowest BCUT2D eigenvalue weighted by molar-refractivity contribution is 0.668. The molecule has 11 rings (SSSR count). The second-order valence-corrected chi connectivity index (χ2v) is 13.3. The second kappa shape index (κ2) is 11.3. The Bertz CT molecular complexity index is 3110. The zero-order valence-corrected chi connectivity index (χ0v) is 27.9. The molecule has 2 aromatic heterocycles. The van der Waals surface area contributed by atoms with Gasteiger partial charge in [0.25, 0.3) is 0 Å². The summed E-state index contributed by atoms with van der Waals surface area (Å²) in [6.07, 6.45) is -0.330. The summed E-state index contributed by atoms with van der Waals surface area (Å²) in [4.78, 5) is 10.4. The molecule has 1 atom stereocenters. The van der Waals surface area contributed by atoms with Crippen LogP contribution in [0.2, 0.25) is 0 Å². The number of hydrogen-bond donors (Lipinski definition) is 1. The van der Waals surface area contributed by atoms with Crippen LogP contribution in [0.3, 0.4) is 0 Å². The van der Waals surface area contributed by atoms with Crippen LogP contribution in [-0.2, 0) is 0 Å². The van der Waals surface area contributed by atoms with Crippen LogP contribution in [0.15, 0.2) is 183 Å². The first kappa shape index (κ1) is 28.8. The fourth-order valence-electron chi connectivity index (χ4n) is 7.86. The number of nitrogens with one attached hydrogen (secondary N) is 1. The van der Waals surface area contributed by atoms with Crippen molar-refractivity contribution >= 4 is 77.1 Å². The van der Waals surface area contributed by atoms with Gasteiger partial charge in [-0.2, -0.15) is 0 Å². The van der Waals surface area contributed by atoms with E-state index >= 15 is 0 Å². The van der Waals surface area contributed by atoms with Crippen LogP contribution < -0.4 is 5.32 Å². The Morgan fingerprint density at radius 3 is 1.96 bits per heavy atom. The van der Waals surface area contributed by atoms with Gasteiger partial charge in [-0.15, -0.1) is 0 Å². The number of nitrogens with zero attached hydrogens (tertiary/aromatic N) is 2. The Hall–Kier alpha value is -6.98. The van der Waals surface area contributed by atoms with E-state index < -0.39 is 0 Å². The van der Waals surface area contributed by atoms with Gasteiger partial charge in [-0.05, 0) is 63.7 Å². The van der Waals surface area contributed by atoms with Crippen molar-refractivity contribution in [3.63, 3.8) is 0 Å². The molecular formula is C47H29N3O2. The van der Waals surface area contributed by atoms with E-state index in [1.165, 1.54) is 5.39 Å². The number of aliphatic imine (C=N–C) groups is 2. The monoisotopic (exact) mass is 667 g/mol. The molecule has 52 heavy (non-hydrogen) atoms. The lowest BCUT2D eigenvalue weighted by Gasteiger charge is -2.24. The summed E-state index contributed by atoms with van der Waals surface area (Å²) in [6.45, 7) is 0. The quantitative estimate of drug-likeness (QED) is 0.203. The van der Waals surface area contributed by atoms with Gasteiger partial charge in [0.2, 0.25) is 0 Å². The molecule has 0 saturated heterocycles. The van der Waals surface area contributed by atoms with Crippen LogP contribution in [0.25, 0.3) is 76.5 Å². The highest BCUT2D eigenvalue weighted by Crippen LogP contribution is 2.44. The molecular weight excluding hydrogens is 639 g/mol. The molecule has 1 aliphatic rings. The third-order valence-corrected chi connectivity index (χ3v) is 10.3. The fraction of sp³-hybridized carbons (Fsp3) is 0.0213. The van der Waals surface area contributed by atoms with Crippen LogP contribution in [0.1, 0.15) is 22.9 Å². The maximum Gasteiger partial charge on any atom is 0.159 e. The van der Waals surface area contributed by atoms with Crippen molar-refractivity contribution in [1.29, 1.82) is 0 Å². The van der Waals surface area contributed by atoms with E-state index in [-0.39, 0.29) is 6.17 Å². The number of benzene rings is 8. The van der Waals surface area contributed by atoms with Crippen LogP contribution in [0.4, 0.5) is 0 Å². The van der Waals surface area contributed by atoms with Crippen molar-refractivity contribution in [3.05, 3.63) is 180 Å². The highest BCUT2D eigenvalue weighted by molar-refractivity contribution is 6.26. The number of para-hydroxylation sites is 2. The zero-order valence-electron chi connectivity index (χ0n) is 27.9. The molecule has 1 aliphatic heterocycles. The van der Waals surface area contributed by atoms with Crippen LogP contribution in [-0.4, -0.2) is 11.7 Å². The van der Waals surface area contributed by atoms with Gasteiger partial charge in [-0.1, -0.05) is 127 Å². The van der Waals surface area contributed by atoms with Crippen molar-refractivity contribution < 1.29 is 8.83 Å². The zero-order chi connectivity index (χ0) is 34.2. The molecule has 10 aromatic rings. The Morgan fingerprint density at radius 1 is 0.462 bits per heavy atom. The smallest absolute Gasteiger partial charge is 0.159 e. The first-order valence-corrected chi connectivity index (χ1v) is 17.5. The van der Waals surface area contributed by atoms with Crippen molar-refractivity contribution in [3.8, 4) is 11.1 Å². The molecule has 0 bridgehead atoms. The van der Waals surface area contributed by atoms with Gasteiger partial charge in [-0.3, -0.25) is 0 Å². The van der Waals surface area contributed by atoms with Crippen LogP contribution in [0.5, 0.6) is 0 Å². The molecule has 3 heterocycles. The standard InChI is InChI=1S/C47H29N3O2/c1-2-13-29(14-3-1)45-48-46(31-23-22-28-12-4-5-15-30(28)26-31)50-47(49-45)37-25-24-35(44-42(37)36-19-9-11-21-41(36)52-44)38-27-39-33-17-8-10-20-40(33)51-43(39)34-18-7-6-16-32(34)38/h1-27,45H,(H,48,49,50). The average molecular weight is 668 g/mol. The molecule has 1 N–H and O–H groups in total. The van der Waals surface area contributed by atoms with E-state index in [1.54, 1.807) is 0 Å². The largest absolute Gasteiger partial charge is 0.455 e. The Kier molecular flexibility index (Phi) is 6.25.